The van der Waals surface area contributed by atoms with Crippen molar-refractivity contribution in [3.05, 3.63) is 136 Å². The normalized spacial score (nSPS) is 17.9. The first-order valence-electron chi connectivity index (χ1n) is 14.3. The van der Waals surface area contributed by atoms with Gasteiger partial charge >= 0.3 is 6.03 Å². The molecule has 1 fully saturated rings. The number of amides is 2. The van der Waals surface area contributed by atoms with E-state index < -0.39 is 6.29 Å². The van der Waals surface area contributed by atoms with Gasteiger partial charge in [-0.3, -0.25) is 0 Å². The number of nitrogens with zero attached hydrogens (tertiary/aromatic N) is 2. The Morgan fingerprint density at radius 1 is 0.844 bits per heavy atom. The molecule has 0 spiro atoms. The van der Waals surface area contributed by atoms with Gasteiger partial charge in [-0.1, -0.05) is 77.8 Å². The number of anilines is 2. The summed E-state index contributed by atoms with van der Waals surface area (Å²) in [5.74, 6) is 1.40. The number of nitrogens with one attached hydrogen (secondary N) is 2. The van der Waals surface area contributed by atoms with E-state index in [0.717, 1.165) is 22.4 Å². The van der Waals surface area contributed by atoms with Gasteiger partial charge < -0.3 is 34.5 Å². The largest absolute Gasteiger partial charge is 0.457 e. The summed E-state index contributed by atoms with van der Waals surface area (Å²) in [7, 11) is 0. The molecular weight excluding hydrogens is 615 g/mol. The average molecular weight is 646 g/mol. The van der Waals surface area contributed by atoms with E-state index in [2.05, 4.69) is 15.6 Å². The second-order valence-corrected chi connectivity index (χ2v) is 11.2. The number of ether oxygens (including phenoxy) is 3. The number of aliphatic hydroxyl groups excluding tert-OH is 1. The Labute approximate surface area is 270 Å². The van der Waals surface area contributed by atoms with Crippen LogP contribution >= 0.6 is 23.2 Å². The van der Waals surface area contributed by atoms with E-state index in [1.54, 1.807) is 47.3 Å². The smallest absolute Gasteiger partial charge is 0.323 e. The van der Waals surface area contributed by atoms with Crippen LogP contribution < -0.4 is 15.4 Å². The number of aromatic nitrogens is 2. The number of carbonyl (C=O) groups is 1. The van der Waals surface area contributed by atoms with Crippen molar-refractivity contribution in [1.29, 1.82) is 0 Å². The quantitative estimate of drug-likeness (QED) is 0.149. The summed E-state index contributed by atoms with van der Waals surface area (Å²) in [5, 5.41) is 15.7. The number of halogens is 2. The molecule has 0 radical (unpaired) electrons. The predicted octanol–water partition coefficient (Wildman–Crippen LogP) is 8.36. The minimum atomic E-state index is -0.677. The third-order valence-electron chi connectivity index (χ3n) is 7.28. The van der Waals surface area contributed by atoms with Crippen molar-refractivity contribution in [2.75, 3.05) is 10.6 Å². The molecule has 6 rings (SSSR count). The van der Waals surface area contributed by atoms with Crippen molar-refractivity contribution in [3.63, 3.8) is 0 Å². The number of hydrogen-bond acceptors (Lipinski definition) is 6. The van der Waals surface area contributed by atoms with Crippen molar-refractivity contribution in [2.24, 2.45) is 0 Å². The number of urea groups is 1. The fraction of sp³-hybridized carbons (Fsp3) is 0.176. The fourth-order valence-corrected chi connectivity index (χ4v) is 5.28. The van der Waals surface area contributed by atoms with Gasteiger partial charge in [-0.25, -0.2) is 9.78 Å². The molecule has 45 heavy (non-hydrogen) atoms. The van der Waals surface area contributed by atoms with Crippen molar-refractivity contribution >= 4 is 40.6 Å². The van der Waals surface area contributed by atoms with Gasteiger partial charge in [0.05, 0.1) is 31.7 Å². The van der Waals surface area contributed by atoms with Crippen LogP contribution in [0.3, 0.4) is 0 Å². The number of hydrogen-bond donors (Lipinski definition) is 3. The molecule has 1 aromatic heterocycles. The SMILES string of the molecule is O=C(Nc1ccc(Oc2ccccc2)cc1)Nc1ccc([C@H]2O[C@@H](Cn3cnc(Cl)c3Cl)C[C@@H](c3ccc(CO)cc3)O2)cc1. The van der Waals surface area contributed by atoms with Gasteiger partial charge in [-0.15, -0.1) is 0 Å². The highest BCUT2D eigenvalue weighted by Gasteiger charge is 2.33. The first-order chi connectivity index (χ1) is 21.9. The zero-order valence-electron chi connectivity index (χ0n) is 24.0. The Balaban J connectivity index is 1.10. The number of rotatable bonds is 9. The van der Waals surface area contributed by atoms with E-state index >= 15 is 0 Å². The van der Waals surface area contributed by atoms with Crippen molar-refractivity contribution in [3.8, 4) is 11.5 Å². The summed E-state index contributed by atoms with van der Waals surface area (Å²) in [4.78, 5) is 16.8. The second-order valence-electron chi connectivity index (χ2n) is 10.5. The highest BCUT2D eigenvalue weighted by atomic mass is 35.5. The van der Waals surface area contributed by atoms with Gasteiger partial charge in [0.25, 0.3) is 0 Å². The molecule has 1 aliphatic rings. The van der Waals surface area contributed by atoms with E-state index in [1.807, 2.05) is 66.7 Å². The topological polar surface area (TPSA) is 107 Å². The van der Waals surface area contributed by atoms with Crippen LogP contribution in [0.15, 0.2) is 109 Å². The Kier molecular flexibility index (Phi) is 9.63. The van der Waals surface area contributed by atoms with Crippen LogP contribution in [0, 0.1) is 0 Å². The third kappa shape index (κ3) is 7.83. The van der Waals surface area contributed by atoms with Crippen LogP contribution in [0.2, 0.25) is 10.3 Å². The van der Waals surface area contributed by atoms with Crippen LogP contribution in [0.25, 0.3) is 0 Å². The Morgan fingerprint density at radius 3 is 2.09 bits per heavy atom. The molecule has 1 saturated heterocycles. The van der Waals surface area contributed by atoms with Crippen LogP contribution in [-0.4, -0.2) is 26.8 Å². The minimum absolute atomic E-state index is 0.0333. The highest BCUT2D eigenvalue weighted by Crippen LogP contribution is 2.39. The molecule has 3 atom stereocenters. The molecule has 230 valence electrons. The second kappa shape index (κ2) is 14.2. The molecule has 0 unspecified atom stereocenters. The summed E-state index contributed by atoms with van der Waals surface area (Å²) in [6, 6.07) is 31.2. The van der Waals surface area contributed by atoms with E-state index in [-0.39, 0.29) is 30.0 Å². The lowest BCUT2D eigenvalue weighted by Gasteiger charge is -2.36. The molecule has 5 aromatic rings. The first-order valence-corrected chi connectivity index (χ1v) is 15.1. The lowest BCUT2D eigenvalue weighted by atomic mass is 10.00. The molecule has 1 aliphatic heterocycles. The predicted molar refractivity (Wildman–Crippen MR) is 173 cm³/mol. The summed E-state index contributed by atoms with van der Waals surface area (Å²) in [6.07, 6.45) is 0.945. The molecule has 0 bridgehead atoms. The molecule has 4 aromatic carbocycles. The fourth-order valence-electron chi connectivity index (χ4n) is 4.97. The van der Waals surface area contributed by atoms with Crippen LogP contribution in [0.4, 0.5) is 16.2 Å². The van der Waals surface area contributed by atoms with Crippen molar-refractivity contribution in [1.82, 2.24) is 9.55 Å². The van der Waals surface area contributed by atoms with E-state index in [1.165, 1.54) is 0 Å². The van der Waals surface area contributed by atoms with Crippen LogP contribution in [0.1, 0.15) is 35.5 Å². The molecule has 11 heteroatoms. The molecule has 0 aliphatic carbocycles. The lowest BCUT2D eigenvalue weighted by molar-refractivity contribution is -0.252. The zero-order valence-corrected chi connectivity index (χ0v) is 25.5. The van der Waals surface area contributed by atoms with Crippen LogP contribution in [0.5, 0.6) is 11.5 Å². The number of benzene rings is 4. The summed E-state index contributed by atoms with van der Waals surface area (Å²) >= 11 is 12.4. The Hall–Kier alpha value is -4.38. The molecular formula is C34H30Cl2N4O5. The number of carbonyl (C=O) groups excluding carboxylic acids is 1. The molecule has 3 N–H and O–H groups in total. The number of imidazole rings is 1. The van der Waals surface area contributed by atoms with Gasteiger partial charge in [-0.2, -0.15) is 0 Å². The molecule has 0 saturated carbocycles. The Morgan fingerprint density at radius 2 is 1.47 bits per heavy atom. The van der Waals surface area contributed by atoms with Crippen molar-refractivity contribution in [2.45, 2.75) is 38.1 Å². The standard InChI is InChI=1S/C34H30Cl2N4O5/c35-31-32(36)40(21-37-31)19-29-18-30(23-8-6-22(20-41)7-9-23)45-33(44-29)24-10-12-25(13-11-24)38-34(42)39-26-14-16-28(17-15-26)43-27-4-2-1-3-5-27/h1-17,21,29-30,33,41H,18-20H2,(H2,38,39,42)/t29-,30+,33+/m1/s1. The maximum Gasteiger partial charge on any atom is 0.323 e. The van der Waals surface area contributed by atoms with E-state index in [0.29, 0.717) is 35.2 Å². The number of para-hydroxylation sites is 1. The lowest BCUT2D eigenvalue weighted by Crippen LogP contribution is -2.32. The van der Waals surface area contributed by atoms with E-state index in [4.69, 9.17) is 37.4 Å². The summed E-state index contributed by atoms with van der Waals surface area (Å²) in [6.45, 7) is 0.400. The number of aliphatic hydroxyl groups is 1. The van der Waals surface area contributed by atoms with Crippen LogP contribution in [-0.2, 0) is 22.6 Å². The average Bonchev–Trinajstić information content (AvgIpc) is 3.38. The zero-order chi connectivity index (χ0) is 31.2. The van der Waals surface area contributed by atoms with Gasteiger partial charge in [0.2, 0.25) is 0 Å². The maximum atomic E-state index is 12.7. The van der Waals surface area contributed by atoms with Gasteiger partial charge in [0, 0.05) is 23.4 Å². The monoisotopic (exact) mass is 644 g/mol. The highest BCUT2D eigenvalue weighted by molar-refractivity contribution is 6.40. The van der Waals surface area contributed by atoms with Gasteiger partial charge in [0.15, 0.2) is 11.4 Å². The Bertz CT molecular complexity index is 1720. The summed E-state index contributed by atoms with van der Waals surface area (Å²) in [5.41, 5.74) is 3.79. The minimum Gasteiger partial charge on any atom is -0.457 e. The molecule has 2 heterocycles. The molecule has 9 nitrogen and oxygen atoms in total. The van der Waals surface area contributed by atoms with Gasteiger partial charge in [-0.05, 0) is 59.7 Å². The maximum absolute atomic E-state index is 12.7. The van der Waals surface area contributed by atoms with E-state index in [9.17, 15) is 9.90 Å². The first kappa shape index (κ1) is 30.6. The molecule has 2 amide bonds. The van der Waals surface area contributed by atoms with Gasteiger partial charge in [0.1, 0.15) is 16.7 Å². The van der Waals surface area contributed by atoms with Crippen molar-refractivity contribution < 1.29 is 24.1 Å². The summed E-state index contributed by atoms with van der Waals surface area (Å²) < 4.78 is 20.3. The third-order valence-corrected chi connectivity index (χ3v) is 8.05.